The molecule has 0 saturated heterocycles. The van der Waals surface area contributed by atoms with E-state index in [1.807, 2.05) is 18.2 Å². The van der Waals surface area contributed by atoms with E-state index in [0.29, 0.717) is 6.01 Å². The Bertz CT molecular complexity index is 526. The average molecular weight is 294 g/mol. The van der Waals surface area contributed by atoms with E-state index in [2.05, 4.69) is 42.1 Å². The van der Waals surface area contributed by atoms with Crippen LogP contribution in [-0.4, -0.2) is 15.5 Å². The van der Waals surface area contributed by atoms with Crippen molar-refractivity contribution in [2.45, 2.75) is 32.9 Å². The van der Waals surface area contributed by atoms with E-state index < -0.39 is 0 Å². The number of ether oxygens (including phenoxy) is 1. The van der Waals surface area contributed by atoms with E-state index in [0.717, 1.165) is 12.3 Å². The van der Waals surface area contributed by atoms with Crippen LogP contribution in [0.5, 0.6) is 11.8 Å². The van der Waals surface area contributed by atoms with Gasteiger partial charge in [-0.1, -0.05) is 12.1 Å². The van der Waals surface area contributed by atoms with E-state index >= 15 is 0 Å². The molecule has 2 aromatic rings. The largest absolute Gasteiger partial charge is 0.424 e. The van der Waals surface area contributed by atoms with Crippen LogP contribution in [0.1, 0.15) is 26.3 Å². The molecule has 0 aliphatic heterocycles. The first-order valence-electron chi connectivity index (χ1n) is 6.32. The van der Waals surface area contributed by atoms with E-state index in [4.69, 9.17) is 4.74 Å². The zero-order valence-corrected chi connectivity index (χ0v) is 12.8. The monoisotopic (exact) mass is 293 g/mol. The number of rotatable bonds is 4. The smallest absolute Gasteiger partial charge is 0.321 e. The van der Waals surface area contributed by atoms with E-state index in [9.17, 15) is 0 Å². The van der Waals surface area contributed by atoms with Crippen molar-refractivity contribution in [1.29, 1.82) is 0 Å². The number of halogens is 1. The fraction of sp³-hybridized carbons (Fsp3) is 0.333. The van der Waals surface area contributed by atoms with Crippen molar-refractivity contribution in [2.75, 3.05) is 0 Å². The van der Waals surface area contributed by atoms with Gasteiger partial charge < -0.3 is 10.1 Å². The summed E-state index contributed by atoms with van der Waals surface area (Å²) in [6.07, 6.45) is 3.32. The summed E-state index contributed by atoms with van der Waals surface area (Å²) in [6.45, 7) is 7.23. The Kier molecular flexibility index (Phi) is 5.92. The Morgan fingerprint density at radius 2 is 1.80 bits per heavy atom. The van der Waals surface area contributed by atoms with Gasteiger partial charge in [0, 0.05) is 24.5 Å². The Hall–Kier alpha value is -1.65. The van der Waals surface area contributed by atoms with Crippen LogP contribution in [0, 0.1) is 0 Å². The highest BCUT2D eigenvalue weighted by Gasteiger charge is 2.08. The van der Waals surface area contributed by atoms with Gasteiger partial charge >= 0.3 is 6.01 Å². The summed E-state index contributed by atoms with van der Waals surface area (Å²) in [4.78, 5) is 8.08. The topological polar surface area (TPSA) is 47.0 Å². The zero-order valence-electron chi connectivity index (χ0n) is 12.0. The predicted molar refractivity (Wildman–Crippen MR) is 82.4 cm³/mol. The summed E-state index contributed by atoms with van der Waals surface area (Å²) < 4.78 is 5.60. The summed E-state index contributed by atoms with van der Waals surface area (Å²) in [5.41, 5.74) is 1.27. The predicted octanol–water partition coefficient (Wildman–Crippen LogP) is 3.58. The molecule has 1 heterocycles. The van der Waals surface area contributed by atoms with Gasteiger partial charge in [-0.2, -0.15) is 0 Å². The lowest BCUT2D eigenvalue weighted by Crippen LogP contribution is -2.35. The van der Waals surface area contributed by atoms with Crippen LogP contribution in [0.25, 0.3) is 0 Å². The zero-order chi connectivity index (χ0) is 13.7. The lowest BCUT2D eigenvalue weighted by atomic mass is 10.1. The average Bonchev–Trinajstić information content (AvgIpc) is 2.37. The normalized spacial score (nSPS) is 10.8. The standard InChI is InChI=1S/C15H19N3O.ClH/c1-15(2,3)18-11-12-6-4-7-13(10-12)19-14-16-8-5-9-17-14;/h4-10,18H,11H2,1-3H3;1H. The molecule has 0 unspecified atom stereocenters. The van der Waals surface area contributed by atoms with Gasteiger partial charge in [0.1, 0.15) is 5.75 Å². The quantitative estimate of drug-likeness (QED) is 0.936. The number of hydrogen-bond acceptors (Lipinski definition) is 4. The molecule has 0 saturated carbocycles. The second kappa shape index (κ2) is 7.22. The third kappa shape index (κ3) is 5.55. The number of nitrogens with zero attached hydrogens (tertiary/aromatic N) is 2. The molecule has 0 fully saturated rings. The van der Waals surface area contributed by atoms with Gasteiger partial charge in [0.25, 0.3) is 0 Å². The molecule has 0 spiro atoms. The Balaban J connectivity index is 0.00000200. The van der Waals surface area contributed by atoms with Gasteiger partial charge in [-0.15, -0.1) is 12.4 Å². The number of nitrogens with one attached hydrogen (secondary N) is 1. The summed E-state index contributed by atoms with van der Waals surface area (Å²) in [6, 6.07) is 10.1. The lowest BCUT2D eigenvalue weighted by Gasteiger charge is -2.20. The molecule has 0 radical (unpaired) electrons. The van der Waals surface area contributed by atoms with Crippen LogP contribution in [0.15, 0.2) is 42.7 Å². The van der Waals surface area contributed by atoms with Crippen molar-refractivity contribution in [2.24, 2.45) is 0 Å². The molecular weight excluding hydrogens is 274 g/mol. The summed E-state index contributed by atoms with van der Waals surface area (Å²) in [7, 11) is 0. The Morgan fingerprint density at radius 1 is 1.10 bits per heavy atom. The number of hydrogen-bond donors (Lipinski definition) is 1. The Labute approximate surface area is 126 Å². The maximum absolute atomic E-state index is 5.60. The summed E-state index contributed by atoms with van der Waals surface area (Å²) in [5.74, 6) is 0.749. The van der Waals surface area contributed by atoms with Crippen molar-refractivity contribution in [3.63, 3.8) is 0 Å². The molecule has 4 nitrogen and oxygen atoms in total. The molecule has 1 N–H and O–H groups in total. The van der Waals surface area contributed by atoms with E-state index in [1.165, 1.54) is 5.56 Å². The third-order valence-corrected chi connectivity index (χ3v) is 2.47. The van der Waals surface area contributed by atoms with Gasteiger partial charge in [-0.25, -0.2) is 9.97 Å². The van der Waals surface area contributed by atoms with Gasteiger partial charge in [-0.05, 0) is 44.5 Å². The minimum atomic E-state index is 0. The van der Waals surface area contributed by atoms with Crippen LogP contribution < -0.4 is 10.1 Å². The van der Waals surface area contributed by atoms with Crippen molar-refractivity contribution >= 4 is 12.4 Å². The maximum atomic E-state index is 5.60. The number of aromatic nitrogens is 2. The van der Waals surface area contributed by atoms with Crippen molar-refractivity contribution in [3.8, 4) is 11.8 Å². The fourth-order valence-electron chi connectivity index (χ4n) is 1.53. The van der Waals surface area contributed by atoms with Crippen LogP contribution in [-0.2, 0) is 6.54 Å². The number of benzene rings is 1. The van der Waals surface area contributed by atoms with E-state index in [-0.39, 0.29) is 17.9 Å². The lowest BCUT2D eigenvalue weighted by molar-refractivity contribution is 0.420. The third-order valence-electron chi connectivity index (χ3n) is 2.47. The molecule has 1 aromatic heterocycles. The highest BCUT2D eigenvalue weighted by molar-refractivity contribution is 5.85. The molecule has 0 aliphatic rings. The molecule has 5 heteroatoms. The molecule has 1 aromatic carbocycles. The second-order valence-electron chi connectivity index (χ2n) is 5.38. The van der Waals surface area contributed by atoms with Gasteiger partial charge in [0.05, 0.1) is 0 Å². The molecule has 0 atom stereocenters. The highest BCUT2D eigenvalue weighted by atomic mass is 35.5. The molecular formula is C15H20ClN3O. The molecule has 20 heavy (non-hydrogen) atoms. The molecule has 2 rings (SSSR count). The SMILES string of the molecule is CC(C)(C)NCc1cccc(Oc2ncccn2)c1.Cl. The van der Waals surface area contributed by atoms with Crippen LogP contribution in [0.3, 0.4) is 0 Å². The van der Waals surface area contributed by atoms with Crippen molar-refractivity contribution in [3.05, 3.63) is 48.3 Å². The highest BCUT2D eigenvalue weighted by Crippen LogP contribution is 2.18. The van der Waals surface area contributed by atoms with Gasteiger partial charge in [0.15, 0.2) is 0 Å². The fourth-order valence-corrected chi connectivity index (χ4v) is 1.53. The first-order valence-corrected chi connectivity index (χ1v) is 6.32. The van der Waals surface area contributed by atoms with Crippen LogP contribution >= 0.6 is 12.4 Å². The van der Waals surface area contributed by atoms with Crippen molar-refractivity contribution < 1.29 is 4.74 Å². The maximum Gasteiger partial charge on any atom is 0.321 e. The summed E-state index contributed by atoms with van der Waals surface area (Å²) >= 11 is 0. The molecule has 0 aliphatic carbocycles. The minimum absolute atomic E-state index is 0. The van der Waals surface area contributed by atoms with E-state index in [1.54, 1.807) is 18.5 Å². The van der Waals surface area contributed by atoms with Crippen LogP contribution in [0.4, 0.5) is 0 Å². The molecule has 108 valence electrons. The molecule has 0 amide bonds. The van der Waals surface area contributed by atoms with Gasteiger partial charge in [-0.3, -0.25) is 0 Å². The van der Waals surface area contributed by atoms with Crippen LogP contribution in [0.2, 0.25) is 0 Å². The van der Waals surface area contributed by atoms with Crippen molar-refractivity contribution in [1.82, 2.24) is 15.3 Å². The summed E-state index contributed by atoms with van der Waals surface area (Å²) in [5, 5.41) is 3.44. The van der Waals surface area contributed by atoms with Gasteiger partial charge in [0.2, 0.25) is 0 Å². The first-order chi connectivity index (χ1) is 9.03. The first kappa shape index (κ1) is 16.4. The second-order valence-corrected chi connectivity index (χ2v) is 5.38. The Morgan fingerprint density at radius 3 is 2.45 bits per heavy atom. The minimum Gasteiger partial charge on any atom is -0.424 e. The molecule has 0 bridgehead atoms.